The lowest BCUT2D eigenvalue weighted by molar-refractivity contribution is 0.482. The van der Waals surface area contributed by atoms with E-state index in [9.17, 15) is 0 Å². The van der Waals surface area contributed by atoms with Crippen molar-refractivity contribution in [2.45, 2.75) is 5.41 Å². The molecule has 8 aromatic rings. The average molecular weight is 741 g/mol. The maximum atomic E-state index is 6.30. The molecule has 0 saturated heterocycles. The SMILES string of the molecule is Nc1ccc(N=Nc2ccc(Oc3ccc(C4(c5ccc(Oc6ccc(N=Nc7ccc(N)cc7)cc6)cc5)c5ccccc5-c5ccccc54)cc3)cc2)cc1. The lowest BCUT2D eigenvalue weighted by Gasteiger charge is -2.34. The van der Waals surface area contributed by atoms with Gasteiger partial charge in [0.2, 0.25) is 0 Å². The Morgan fingerprint density at radius 1 is 0.316 bits per heavy atom. The Morgan fingerprint density at radius 2 is 0.596 bits per heavy atom. The van der Waals surface area contributed by atoms with Gasteiger partial charge in [-0.25, -0.2) is 0 Å². The second-order valence-corrected chi connectivity index (χ2v) is 13.7. The molecule has 0 aromatic heterocycles. The summed E-state index contributed by atoms with van der Waals surface area (Å²) in [7, 11) is 0. The summed E-state index contributed by atoms with van der Waals surface area (Å²) in [6.07, 6.45) is 0. The van der Waals surface area contributed by atoms with Crippen molar-refractivity contribution in [1.82, 2.24) is 0 Å². The van der Waals surface area contributed by atoms with E-state index in [1.165, 1.54) is 22.3 Å². The summed E-state index contributed by atoms with van der Waals surface area (Å²) in [4.78, 5) is 0. The quantitative estimate of drug-likeness (QED) is 0.107. The molecule has 0 amide bonds. The minimum Gasteiger partial charge on any atom is -0.457 e. The number of fused-ring (bicyclic) bond motifs is 3. The van der Waals surface area contributed by atoms with Crippen LogP contribution < -0.4 is 20.9 Å². The van der Waals surface area contributed by atoms with Gasteiger partial charge in [0, 0.05) is 11.4 Å². The van der Waals surface area contributed by atoms with Gasteiger partial charge in [-0.05, 0) is 155 Å². The van der Waals surface area contributed by atoms with Gasteiger partial charge < -0.3 is 20.9 Å². The maximum absolute atomic E-state index is 6.30. The van der Waals surface area contributed by atoms with E-state index in [2.05, 4.69) is 93.3 Å². The van der Waals surface area contributed by atoms with Crippen LogP contribution in [0.2, 0.25) is 0 Å². The summed E-state index contributed by atoms with van der Waals surface area (Å²) in [5, 5.41) is 17.3. The number of nitrogen functional groups attached to an aromatic ring is 2. The van der Waals surface area contributed by atoms with Gasteiger partial charge in [-0.3, -0.25) is 0 Å². The van der Waals surface area contributed by atoms with Crippen molar-refractivity contribution in [3.8, 4) is 34.1 Å². The number of nitrogens with zero attached hydrogens (tertiary/aromatic N) is 4. The minimum atomic E-state index is -0.571. The predicted octanol–water partition coefficient (Wildman–Crippen LogP) is 13.6. The first kappa shape index (κ1) is 34.9. The first-order chi connectivity index (χ1) is 28.0. The molecule has 1 aliphatic rings. The van der Waals surface area contributed by atoms with E-state index in [4.69, 9.17) is 20.9 Å². The molecule has 4 N–H and O–H groups in total. The number of ether oxygens (including phenoxy) is 2. The molecule has 0 atom stereocenters. The Hall–Kier alpha value is -7.84. The predicted molar refractivity (Wildman–Crippen MR) is 227 cm³/mol. The van der Waals surface area contributed by atoms with Crippen LogP contribution in [0.1, 0.15) is 22.3 Å². The second-order valence-electron chi connectivity index (χ2n) is 13.7. The summed E-state index contributed by atoms with van der Waals surface area (Å²) in [5.74, 6) is 2.86. The number of nitrogens with two attached hydrogens (primary N) is 2. The third-order valence-electron chi connectivity index (χ3n) is 10.0. The minimum absolute atomic E-state index is 0.571. The summed E-state index contributed by atoms with van der Waals surface area (Å²) < 4.78 is 12.6. The molecule has 0 spiro atoms. The van der Waals surface area contributed by atoms with E-state index in [0.717, 1.165) is 45.4 Å². The standard InChI is InChI=1S/C49H36N6O2/c50-35-13-17-37(18-14-35)52-54-39-21-29-43(30-22-39)56-41-25-9-33(10-26-41)49(47-7-3-1-5-45(47)46-6-2-4-8-48(46)49)34-11-27-42(28-12-34)57-44-31-23-40(24-32-44)55-53-38-19-15-36(51)16-20-38/h1-32H,50-51H2. The first-order valence-electron chi connectivity index (χ1n) is 18.5. The topological polar surface area (TPSA) is 120 Å². The van der Waals surface area contributed by atoms with E-state index in [-0.39, 0.29) is 0 Å². The summed E-state index contributed by atoms with van der Waals surface area (Å²) in [5.41, 5.74) is 22.4. The van der Waals surface area contributed by atoms with Crippen LogP contribution in [0.25, 0.3) is 11.1 Å². The molecule has 8 heteroatoms. The van der Waals surface area contributed by atoms with Crippen molar-refractivity contribution in [3.05, 3.63) is 216 Å². The van der Waals surface area contributed by atoms with Crippen LogP contribution in [0.15, 0.2) is 215 Å². The smallest absolute Gasteiger partial charge is 0.127 e. The molecule has 1 aliphatic carbocycles. The highest BCUT2D eigenvalue weighted by molar-refractivity contribution is 5.86. The van der Waals surface area contributed by atoms with Crippen molar-refractivity contribution >= 4 is 34.1 Å². The molecular weight excluding hydrogens is 705 g/mol. The van der Waals surface area contributed by atoms with Gasteiger partial charge >= 0.3 is 0 Å². The van der Waals surface area contributed by atoms with Crippen molar-refractivity contribution in [2.75, 3.05) is 11.5 Å². The van der Waals surface area contributed by atoms with Crippen molar-refractivity contribution in [1.29, 1.82) is 0 Å². The van der Waals surface area contributed by atoms with Crippen LogP contribution in [0.3, 0.4) is 0 Å². The van der Waals surface area contributed by atoms with E-state index in [0.29, 0.717) is 22.9 Å². The van der Waals surface area contributed by atoms with E-state index in [1.807, 2.05) is 97.1 Å². The molecule has 274 valence electrons. The van der Waals surface area contributed by atoms with Gasteiger partial charge in [-0.1, -0.05) is 72.8 Å². The third-order valence-corrected chi connectivity index (χ3v) is 10.0. The van der Waals surface area contributed by atoms with Crippen LogP contribution in [0, 0.1) is 0 Å². The molecule has 8 aromatic carbocycles. The van der Waals surface area contributed by atoms with Crippen LogP contribution >= 0.6 is 0 Å². The van der Waals surface area contributed by atoms with Gasteiger partial charge in [0.05, 0.1) is 28.2 Å². The Bertz CT molecular complexity index is 2520. The molecular formula is C49H36N6O2. The summed E-state index contributed by atoms with van der Waals surface area (Å²) in [6.45, 7) is 0. The summed E-state index contributed by atoms with van der Waals surface area (Å²) in [6, 6.07) is 63.8. The van der Waals surface area contributed by atoms with Gasteiger partial charge in [-0.2, -0.15) is 20.5 Å². The number of azo groups is 2. The van der Waals surface area contributed by atoms with Crippen LogP contribution in [0.5, 0.6) is 23.0 Å². The molecule has 57 heavy (non-hydrogen) atoms. The van der Waals surface area contributed by atoms with E-state index in [1.54, 1.807) is 24.3 Å². The van der Waals surface area contributed by atoms with Gasteiger partial charge in [0.15, 0.2) is 0 Å². The number of benzene rings is 8. The highest BCUT2D eigenvalue weighted by Crippen LogP contribution is 2.56. The zero-order chi connectivity index (χ0) is 38.6. The molecule has 0 saturated carbocycles. The van der Waals surface area contributed by atoms with Gasteiger partial charge in [0.25, 0.3) is 0 Å². The number of anilines is 2. The lowest BCUT2D eigenvalue weighted by atomic mass is 9.68. The van der Waals surface area contributed by atoms with Gasteiger partial charge in [-0.15, -0.1) is 0 Å². The van der Waals surface area contributed by atoms with E-state index < -0.39 is 5.41 Å². The average Bonchev–Trinajstić information content (AvgIpc) is 3.56. The molecule has 0 heterocycles. The largest absolute Gasteiger partial charge is 0.457 e. The normalized spacial score (nSPS) is 12.7. The van der Waals surface area contributed by atoms with Crippen LogP contribution in [0.4, 0.5) is 34.1 Å². The van der Waals surface area contributed by atoms with Gasteiger partial charge in [0.1, 0.15) is 23.0 Å². The Balaban J connectivity index is 0.976. The fraction of sp³-hybridized carbons (Fsp3) is 0.0204. The highest BCUT2D eigenvalue weighted by Gasteiger charge is 2.45. The molecule has 0 unspecified atom stereocenters. The molecule has 0 fully saturated rings. The fourth-order valence-electron chi connectivity index (χ4n) is 7.32. The molecule has 0 bridgehead atoms. The fourth-order valence-corrected chi connectivity index (χ4v) is 7.32. The van der Waals surface area contributed by atoms with Crippen LogP contribution in [-0.4, -0.2) is 0 Å². The van der Waals surface area contributed by atoms with Crippen molar-refractivity contribution in [3.63, 3.8) is 0 Å². The molecule has 8 nitrogen and oxygen atoms in total. The molecule has 9 rings (SSSR count). The second kappa shape index (κ2) is 15.1. The van der Waals surface area contributed by atoms with Crippen LogP contribution in [-0.2, 0) is 5.41 Å². The number of rotatable bonds is 10. The third kappa shape index (κ3) is 7.11. The van der Waals surface area contributed by atoms with E-state index >= 15 is 0 Å². The van der Waals surface area contributed by atoms with Crippen molar-refractivity contribution < 1.29 is 9.47 Å². The number of hydrogen-bond donors (Lipinski definition) is 2. The number of hydrogen-bond acceptors (Lipinski definition) is 8. The Morgan fingerprint density at radius 3 is 0.930 bits per heavy atom. The Kier molecular flexibility index (Phi) is 9.26. The highest BCUT2D eigenvalue weighted by atomic mass is 16.5. The monoisotopic (exact) mass is 740 g/mol. The maximum Gasteiger partial charge on any atom is 0.127 e. The lowest BCUT2D eigenvalue weighted by Crippen LogP contribution is -2.28. The molecule has 0 aliphatic heterocycles. The first-order valence-corrected chi connectivity index (χ1v) is 18.5. The zero-order valence-corrected chi connectivity index (χ0v) is 30.7. The van der Waals surface area contributed by atoms with Crippen molar-refractivity contribution in [2.24, 2.45) is 20.5 Å². The Labute approximate surface area is 330 Å². The summed E-state index contributed by atoms with van der Waals surface area (Å²) >= 11 is 0. The zero-order valence-electron chi connectivity index (χ0n) is 30.7. The molecule has 0 radical (unpaired) electrons.